The van der Waals surface area contributed by atoms with Crippen LogP contribution in [0.25, 0.3) is 88.1 Å². The standard InChI is InChI=1S/C41H25N3O/c1-3-10-27(11-4-1)43-34-17-8-7-14-30(34)39-35(43)19-20-36-40(39)31-16-9-15-29(41(31)44(36)28-12-5-2-6-13-28)26-18-21-37-32(24-26)33-25-42-23-22-38(33)45-37/h1-25H. The second-order valence-corrected chi connectivity index (χ2v) is 11.6. The largest absolute Gasteiger partial charge is 0.456 e. The first-order chi connectivity index (χ1) is 22.3. The lowest BCUT2D eigenvalue weighted by molar-refractivity contribution is 0.668. The highest BCUT2D eigenvalue weighted by Crippen LogP contribution is 2.45. The number of para-hydroxylation sites is 4. The zero-order valence-corrected chi connectivity index (χ0v) is 24.2. The van der Waals surface area contributed by atoms with Crippen LogP contribution in [0, 0.1) is 0 Å². The van der Waals surface area contributed by atoms with Gasteiger partial charge in [-0.05, 0) is 66.2 Å². The quantitative estimate of drug-likeness (QED) is 0.210. The van der Waals surface area contributed by atoms with Crippen molar-refractivity contribution in [3.05, 3.63) is 152 Å². The third-order valence-electron chi connectivity index (χ3n) is 9.20. The molecule has 6 aromatic carbocycles. The maximum atomic E-state index is 6.15. The minimum Gasteiger partial charge on any atom is -0.456 e. The Morgan fingerprint density at radius 3 is 1.96 bits per heavy atom. The maximum Gasteiger partial charge on any atom is 0.138 e. The van der Waals surface area contributed by atoms with Gasteiger partial charge in [0.05, 0.1) is 22.1 Å². The molecule has 4 nitrogen and oxygen atoms in total. The van der Waals surface area contributed by atoms with Gasteiger partial charge in [-0.15, -0.1) is 0 Å². The van der Waals surface area contributed by atoms with Gasteiger partial charge in [-0.2, -0.15) is 0 Å². The molecule has 10 aromatic rings. The van der Waals surface area contributed by atoms with Crippen LogP contribution in [0.1, 0.15) is 0 Å². The molecule has 0 saturated carbocycles. The SMILES string of the molecule is c1ccc(-n2c3ccccc3c3c4c5cccc(-c6ccc7oc8ccncc8c7c6)c5n(-c5ccccc5)c4ccc32)cc1. The molecule has 0 fully saturated rings. The van der Waals surface area contributed by atoms with E-state index in [-0.39, 0.29) is 0 Å². The molecule has 0 atom stereocenters. The molecule has 0 bridgehead atoms. The van der Waals surface area contributed by atoms with Crippen molar-refractivity contribution in [1.29, 1.82) is 0 Å². The molecule has 0 aliphatic rings. The van der Waals surface area contributed by atoms with E-state index in [1.807, 2.05) is 12.3 Å². The Hall–Kier alpha value is -6.13. The van der Waals surface area contributed by atoms with Crippen LogP contribution >= 0.6 is 0 Å². The van der Waals surface area contributed by atoms with Crippen LogP contribution in [0.5, 0.6) is 0 Å². The molecule has 0 aliphatic heterocycles. The molecule has 0 aliphatic carbocycles. The lowest BCUT2D eigenvalue weighted by atomic mass is 9.99. The van der Waals surface area contributed by atoms with Crippen LogP contribution in [0.3, 0.4) is 0 Å². The highest BCUT2D eigenvalue weighted by atomic mass is 16.3. The number of fused-ring (bicyclic) bond motifs is 10. The minimum absolute atomic E-state index is 0.853. The molecule has 0 unspecified atom stereocenters. The second kappa shape index (κ2) is 9.18. The number of hydrogen-bond acceptors (Lipinski definition) is 2. The van der Waals surface area contributed by atoms with E-state index < -0.39 is 0 Å². The summed E-state index contributed by atoms with van der Waals surface area (Å²) in [5, 5.41) is 7.11. The Morgan fingerprint density at radius 1 is 0.467 bits per heavy atom. The van der Waals surface area contributed by atoms with E-state index in [4.69, 9.17) is 4.42 Å². The summed E-state index contributed by atoms with van der Waals surface area (Å²) in [6.45, 7) is 0. The van der Waals surface area contributed by atoms with Crippen molar-refractivity contribution in [3.8, 4) is 22.5 Å². The van der Waals surface area contributed by atoms with Crippen LogP contribution in [-0.4, -0.2) is 14.1 Å². The number of hydrogen-bond donors (Lipinski definition) is 0. The van der Waals surface area contributed by atoms with Crippen molar-refractivity contribution in [2.45, 2.75) is 0 Å². The topological polar surface area (TPSA) is 35.9 Å². The fourth-order valence-electron chi connectivity index (χ4n) is 7.34. The monoisotopic (exact) mass is 575 g/mol. The number of rotatable bonds is 3. The van der Waals surface area contributed by atoms with Gasteiger partial charge in [0, 0.05) is 61.6 Å². The summed E-state index contributed by atoms with van der Waals surface area (Å²) in [6.07, 6.45) is 3.67. The minimum atomic E-state index is 0.853. The summed E-state index contributed by atoms with van der Waals surface area (Å²) in [5.41, 5.74) is 11.1. The number of benzene rings is 6. The molecule has 4 aromatic heterocycles. The summed E-state index contributed by atoms with van der Waals surface area (Å²) in [6, 6.07) is 49.9. The number of aromatic nitrogens is 3. The lowest BCUT2D eigenvalue weighted by Crippen LogP contribution is -1.95. The van der Waals surface area contributed by atoms with E-state index in [0.717, 1.165) is 38.9 Å². The van der Waals surface area contributed by atoms with Gasteiger partial charge in [0.25, 0.3) is 0 Å². The molecule has 4 heterocycles. The third-order valence-corrected chi connectivity index (χ3v) is 9.20. The summed E-state index contributed by atoms with van der Waals surface area (Å²) in [5.74, 6) is 0. The highest BCUT2D eigenvalue weighted by molar-refractivity contribution is 6.30. The van der Waals surface area contributed by atoms with Crippen molar-refractivity contribution in [2.24, 2.45) is 0 Å². The van der Waals surface area contributed by atoms with Crippen LogP contribution in [0.2, 0.25) is 0 Å². The highest BCUT2D eigenvalue weighted by Gasteiger charge is 2.22. The first-order valence-electron chi connectivity index (χ1n) is 15.2. The Balaban J connectivity index is 1.38. The van der Waals surface area contributed by atoms with E-state index >= 15 is 0 Å². The molecule has 0 radical (unpaired) electrons. The normalized spacial score (nSPS) is 12.0. The zero-order chi connectivity index (χ0) is 29.5. The molecular weight excluding hydrogens is 550 g/mol. The molecular formula is C41H25N3O. The summed E-state index contributed by atoms with van der Waals surface area (Å²) < 4.78 is 11.0. The average molecular weight is 576 g/mol. The predicted octanol–water partition coefficient (Wildman–Crippen LogP) is 10.8. The molecule has 10 rings (SSSR count). The fraction of sp³-hybridized carbons (Fsp3) is 0. The van der Waals surface area contributed by atoms with E-state index in [9.17, 15) is 0 Å². The van der Waals surface area contributed by atoms with E-state index in [1.54, 1.807) is 6.20 Å². The average Bonchev–Trinajstić information content (AvgIpc) is 3.76. The first-order valence-corrected chi connectivity index (χ1v) is 15.2. The summed E-state index contributed by atoms with van der Waals surface area (Å²) in [7, 11) is 0. The van der Waals surface area contributed by atoms with Crippen LogP contribution in [-0.2, 0) is 0 Å². The van der Waals surface area contributed by atoms with Gasteiger partial charge < -0.3 is 13.6 Å². The Morgan fingerprint density at radius 2 is 1.13 bits per heavy atom. The predicted molar refractivity (Wildman–Crippen MR) is 186 cm³/mol. The van der Waals surface area contributed by atoms with E-state index in [1.165, 1.54) is 49.2 Å². The smallest absolute Gasteiger partial charge is 0.138 e. The number of pyridine rings is 1. The van der Waals surface area contributed by atoms with Crippen LogP contribution in [0.15, 0.2) is 156 Å². The summed E-state index contributed by atoms with van der Waals surface area (Å²) >= 11 is 0. The summed E-state index contributed by atoms with van der Waals surface area (Å²) in [4.78, 5) is 4.38. The van der Waals surface area contributed by atoms with Crippen molar-refractivity contribution in [3.63, 3.8) is 0 Å². The van der Waals surface area contributed by atoms with Crippen molar-refractivity contribution >= 4 is 65.6 Å². The molecule has 45 heavy (non-hydrogen) atoms. The lowest BCUT2D eigenvalue weighted by Gasteiger charge is -2.12. The van der Waals surface area contributed by atoms with Gasteiger partial charge in [0.1, 0.15) is 11.2 Å². The van der Waals surface area contributed by atoms with Crippen molar-refractivity contribution < 1.29 is 4.42 Å². The Kier molecular flexibility index (Phi) is 4.96. The van der Waals surface area contributed by atoms with E-state index in [0.29, 0.717) is 0 Å². The van der Waals surface area contributed by atoms with Gasteiger partial charge >= 0.3 is 0 Å². The Labute approximate surface area is 258 Å². The van der Waals surface area contributed by atoms with Crippen LogP contribution < -0.4 is 0 Å². The van der Waals surface area contributed by atoms with Crippen molar-refractivity contribution in [1.82, 2.24) is 14.1 Å². The molecule has 210 valence electrons. The van der Waals surface area contributed by atoms with Gasteiger partial charge in [-0.25, -0.2) is 0 Å². The van der Waals surface area contributed by atoms with Gasteiger partial charge in [-0.3, -0.25) is 4.98 Å². The molecule has 0 spiro atoms. The number of nitrogens with zero attached hydrogens (tertiary/aromatic N) is 3. The molecule has 4 heteroatoms. The first kappa shape index (κ1) is 24.3. The van der Waals surface area contributed by atoms with Gasteiger partial charge in [0.15, 0.2) is 0 Å². The van der Waals surface area contributed by atoms with Gasteiger partial charge in [0.2, 0.25) is 0 Å². The molecule has 0 saturated heterocycles. The van der Waals surface area contributed by atoms with Crippen molar-refractivity contribution in [2.75, 3.05) is 0 Å². The third kappa shape index (κ3) is 3.39. The van der Waals surface area contributed by atoms with Gasteiger partial charge in [-0.1, -0.05) is 78.9 Å². The maximum absolute atomic E-state index is 6.15. The number of furan rings is 1. The zero-order valence-electron chi connectivity index (χ0n) is 24.2. The van der Waals surface area contributed by atoms with E-state index in [2.05, 4.69) is 148 Å². The molecule has 0 N–H and O–H groups in total. The Bertz CT molecular complexity index is 2750. The molecule has 0 amide bonds. The van der Waals surface area contributed by atoms with Crippen LogP contribution in [0.4, 0.5) is 0 Å². The fourth-order valence-corrected chi connectivity index (χ4v) is 7.34. The second-order valence-electron chi connectivity index (χ2n) is 11.6.